The molecule has 0 bridgehead atoms. The summed E-state index contributed by atoms with van der Waals surface area (Å²) in [6.45, 7) is 2.22. The van der Waals surface area contributed by atoms with Crippen molar-refractivity contribution in [3.8, 4) is 21.8 Å². The Balaban J connectivity index is 1.52. The Morgan fingerprint density at radius 2 is 1.66 bits per heavy atom. The van der Waals surface area contributed by atoms with Crippen LogP contribution in [0.2, 0.25) is 0 Å². The number of nitrogens with zero attached hydrogens (tertiary/aromatic N) is 3. The zero-order valence-corrected chi connectivity index (χ0v) is 16.5. The molecule has 2 aromatic carbocycles. The molecule has 29 heavy (non-hydrogen) atoms. The molecular formula is C23H17N3O2S. The number of hydrogen-bond donors (Lipinski definition) is 0. The van der Waals surface area contributed by atoms with Crippen LogP contribution in [0, 0.1) is 6.92 Å². The molecule has 3 aromatic heterocycles. The highest BCUT2D eigenvalue weighted by atomic mass is 32.1. The Morgan fingerprint density at radius 3 is 2.38 bits per heavy atom. The van der Waals surface area contributed by atoms with Gasteiger partial charge in [0.2, 0.25) is 5.89 Å². The van der Waals surface area contributed by atoms with Gasteiger partial charge in [-0.15, -0.1) is 11.3 Å². The Kier molecular flexibility index (Phi) is 4.33. The lowest BCUT2D eigenvalue weighted by Gasteiger charge is -2.03. The molecule has 0 fully saturated rings. The van der Waals surface area contributed by atoms with Crippen molar-refractivity contribution in [2.75, 3.05) is 0 Å². The fourth-order valence-electron chi connectivity index (χ4n) is 3.40. The number of aromatic nitrogens is 3. The van der Waals surface area contributed by atoms with E-state index < -0.39 is 0 Å². The van der Waals surface area contributed by atoms with Gasteiger partial charge in [-0.3, -0.25) is 9.36 Å². The van der Waals surface area contributed by atoms with Crippen LogP contribution in [0.3, 0.4) is 0 Å². The molecule has 0 saturated carbocycles. The Bertz CT molecular complexity index is 1350. The molecule has 5 rings (SSSR count). The number of thiophene rings is 1. The van der Waals surface area contributed by atoms with Gasteiger partial charge in [0, 0.05) is 10.4 Å². The van der Waals surface area contributed by atoms with E-state index in [1.807, 2.05) is 67.6 Å². The van der Waals surface area contributed by atoms with Gasteiger partial charge in [-0.2, -0.15) is 0 Å². The van der Waals surface area contributed by atoms with Gasteiger partial charge in [-0.25, -0.2) is 9.97 Å². The fourth-order valence-corrected chi connectivity index (χ4v) is 4.55. The number of hydrogen-bond acceptors (Lipinski definition) is 5. The van der Waals surface area contributed by atoms with Crippen LogP contribution in [0.15, 0.2) is 82.4 Å². The maximum absolute atomic E-state index is 13.1. The predicted molar refractivity (Wildman–Crippen MR) is 115 cm³/mol. The summed E-state index contributed by atoms with van der Waals surface area (Å²) >= 11 is 1.54. The quantitative estimate of drug-likeness (QED) is 0.420. The minimum absolute atomic E-state index is 0.0783. The molecule has 0 amide bonds. The third-order valence-electron chi connectivity index (χ3n) is 4.87. The smallest absolute Gasteiger partial charge is 0.262 e. The molecule has 0 N–H and O–H groups in total. The first-order chi connectivity index (χ1) is 14.2. The van der Waals surface area contributed by atoms with Crippen LogP contribution in [-0.2, 0) is 6.54 Å². The lowest BCUT2D eigenvalue weighted by molar-refractivity contribution is 0.484. The van der Waals surface area contributed by atoms with Gasteiger partial charge in [-0.1, -0.05) is 60.7 Å². The Hall–Kier alpha value is -3.51. The van der Waals surface area contributed by atoms with Gasteiger partial charge in [-0.05, 0) is 18.1 Å². The summed E-state index contributed by atoms with van der Waals surface area (Å²) in [6, 6.07) is 19.9. The minimum atomic E-state index is -0.0783. The van der Waals surface area contributed by atoms with Crippen molar-refractivity contribution in [3.63, 3.8) is 0 Å². The van der Waals surface area contributed by atoms with Crippen LogP contribution in [-0.4, -0.2) is 14.5 Å². The number of oxazole rings is 1. The van der Waals surface area contributed by atoms with E-state index in [-0.39, 0.29) is 12.1 Å². The first-order valence-corrected chi connectivity index (χ1v) is 10.1. The van der Waals surface area contributed by atoms with E-state index >= 15 is 0 Å². The predicted octanol–water partition coefficient (Wildman–Crippen LogP) is 5.14. The maximum Gasteiger partial charge on any atom is 0.262 e. The average Bonchev–Trinajstić information content (AvgIpc) is 3.36. The van der Waals surface area contributed by atoms with Gasteiger partial charge in [0.15, 0.2) is 5.76 Å². The average molecular weight is 399 g/mol. The van der Waals surface area contributed by atoms with E-state index in [2.05, 4.69) is 9.97 Å². The fraction of sp³-hybridized carbons (Fsp3) is 0.0870. The van der Waals surface area contributed by atoms with Crippen LogP contribution in [0.4, 0.5) is 0 Å². The van der Waals surface area contributed by atoms with Crippen molar-refractivity contribution in [2.45, 2.75) is 13.5 Å². The second kappa shape index (κ2) is 7.14. The zero-order valence-electron chi connectivity index (χ0n) is 15.7. The number of benzene rings is 2. The number of aryl methyl sites for hydroxylation is 1. The Labute approximate surface area is 170 Å². The molecule has 0 aliphatic rings. The lowest BCUT2D eigenvalue weighted by Crippen LogP contribution is -2.21. The molecule has 5 nitrogen and oxygen atoms in total. The van der Waals surface area contributed by atoms with Gasteiger partial charge in [0.05, 0.1) is 17.9 Å². The molecule has 142 valence electrons. The largest absolute Gasteiger partial charge is 0.439 e. The third kappa shape index (κ3) is 3.17. The first kappa shape index (κ1) is 17.6. The van der Waals surface area contributed by atoms with Gasteiger partial charge in [0.25, 0.3) is 5.56 Å². The summed E-state index contributed by atoms with van der Waals surface area (Å²) < 4.78 is 7.40. The molecular weight excluding hydrogens is 382 g/mol. The van der Waals surface area contributed by atoms with Gasteiger partial charge >= 0.3 is 0 Å². The van der Waals surface area contributed by atoms with E-state index in [1.165, 1.54) is 0 Å². The minimum Gasteiger partial charge on any atom is -0.439 e. The maximum atomic E-state index is 13.1. The standard InChI is InChI=1S/C23H17N3O2S/c1-15-20-22(29-21(15)17-10-6-3-7-11-17)25-14-26(23(20)27)13-19-24-12-18(28-19)16-8-4-2-5-9-16/h2-12,14H,13H2,1H3. The van der Waals surface area contributed by atoms with E-state index in [0.717, 1.165) is 26.4 Å². The summed E-state index contributed by atoms with van der Waals surface area (Å²) in [6.07, 6.45) is 3.26. The third-order valence-corrected chi connectivity index (χ3v) is 6.12. The van der Waals surface area contributed by atoms with E-state index in [0.29, 0.717) is 17.0 Å². The summed E-state index contributed by atoms with van der Waals surface area (Å²) in [5.74, 6) is 1.16. The highest BCUT2D eigenvalue weighted by molar-refractivity contribution is 7.22. The molecule has 0 radical (unpaired) electrons. The van der Waals surface area contributed by atoms with Crippen LogP contribution >= 0.6 is 11.3 Å². The number of fused-ring (bicyclic) bond motifs is 1. The second-order valence-corrected chi connectivity index (χ2v) is 7.76. The normalized spacial score (nSPS) is 11.2. The molecule has 0 atom stereocenters. The topological polar surface area (TPSA) is 60.9 Å². The van der Waals surface area contributed by atoms with Crippen molar-refractivity contribution in [1.82, 2.24) is 14.5 Å². The summed E-state index contributed by atoms with van der Waals surface area (Å²) in [4.78, 5) is 23.8. The molecule has 3 heterocycles. The first-order valence-electron chi connectivity index (χ1n) is 9.25. The molecule has 0 aliphatic carbocycles. The lowest BCUT2D eigenvalue weighted by atomic mass is 10.1. The SMILES string of the molecule is Cc1c(-c2ccccc2)sc2ncn(Cc3ncc(-c4ccccc4)o3)c(=O)c12. The molecule has 0 unspecified atom stereocenters. The van der Waals surface area contributed by atoms with Gasteiger partial charge < -0.3 is 4.42 Å². The van der Waals surface area contributed by atoms with E-state index in [4.69, 9.17) is 4.42 Å². The van der Waals surface area contributed by atoms with E-state index in [1.54, 1.807) is 28.4 Å². The van der Waals surface area contributed by atoms with Gasteiger partial charge in [0.1, 0.15) is 11.4 Å². The molecule has 6 heteroatoms. The summed E-state index contributed by atoms with van der Waals surface area (Å²) in [7, 11) is 0. The van der Waals surface area contributed by atoms with E-state index in [9.17, 15) is 4.79 Å². The second-order valence-electron chi connectivity index (χ2n) is 6.76. The highest BCUT2D eigenvalue weighted by Gasteiger charge is 2.16. The molecule has 5 aromatic rings. The van der Waals surface area contributed by atoms with Crippen molar-refractivity contribution in [2.24, 2.45) is 0 Å². The monoisotopic (exact) mass is 399 g/mol. The summed E-state index contributed by atoms with van der Waals surface area (Å²) in [5.41, 5.74) is 2.93. The van der Waals surface area contributed by atoms with Crippen molar-refractivity contribution >= 4 is 21.6 Å². The molecule has 0 saturated heterocycles. The number of rotatable bonds is 4. The zero-order chi connectivity index (χ0) is 19.8. The molecule has 0 aliphatic heterocycles. The Morgan fingerprint density at radius 1 is 0.966 bits per heavy atom. The molecule has 0 spiro atoms. The highest BCUT2D eigenvalue weighted by Crippen LogP contribution is 2.35. The van der Waals surface area contributed by atoms with Crippen molar-refractivity contribution in [3.05, 3.63) is 95.0 Å². The van der Waals surface area contributed by atoms with Crippen LogP contribution in [0.5, 0.6) is 0 Å². The summed E-state index contributed by atoms with van der Waals surface area (Å²) in [5, 5.41) is 0.659. The van der Waals surface area contributed by atoms with Crippen molar-refractivity contribution < 1.29 is 4.42 Å². The van der Waals surface area contributed by atoms with Crippen molar-refractivity contribution in [1.29, 1.82) is 0 Å². The van der Waals surface area contributed by atoms with Crippen LogP contribution in [0.25, 0.3) is 32.0 Å². The van der Waals surface area contributed by atoms with Crippen LogP contribution in [0.1, 0.15) is 11.5 Å². The van der Waals surface area contributed by atoms with Crippen LogP contribution < -0.4 is 5.56 Å².